The Morgan fingerprint density at radius 1 is 1.53 bits per heavy atom. The number of nitrogens with zero attached hydrogens (tertiary/aromatic N) is 2. The number of allylic oxidation sites excluding steroid dienone is 4. The summed E-state index contributed by atoms with van der Waals surface area (Å²) in [4.78, 5) is 0. The fraction of sp³-hybridized carbons (Fsp3) is 0.500. The Morgan fingerprint density at radius 2 is 2.29 bits per heavy atom. The summed E-state index contributed by atoms with van der Waals surface area (Å²) in [5, 5.41) is 4.51. The largest absolute Gasteiger partial charge is 0.265 e. The van der Waals surface area contributed by atoms with Crippen LogP contribution in [0.1, 0.15) is 24.7 Å². The zero-order chi connectivity index (χ0) is 12.4. The molecular formula is C14H19IN2. The van der Waals surface area contributed by atoms with Crippen molar-refractivity contribution in [2.24, 2.45) is 5.92 Å². The predicted molar refractivity (Wildman–Crippen MR) is 80.5 cm³/mol. The Bertz CT molecular complexity index is 455. The zero-order valence-corrected chi connectivity index (χ0v) is 12.8. The highest BCUT2D eigenvalue weighted by Crippen LogP contribution is 2.25. The van der Waals surface area contributed by atoms with E-state index in [0.717, 1.165) is 12.2 Å². The van der Waals surface area contributed by atoms with Crippen LogP contribution in [0.3, 0.4) is 0 Å². The first-order chi connectivity index (χ1) is 8.06. The first-order valence-corrected chi connectivity index (χ1v) is 7.33. The van der Waals surface area contributed by atoms with Gasteiger partial charge in [-0.25, -0.2) is 0 Å². The van der Waals surface area contributed by atoms with E-state index in [-0.39, 0.29) is 0 Å². The Balaban J connectivity index is 2.13. The number of hydrogen-bond donors (Lipinski definition) is 0. The van der Waals surface area contributed by atoms with Crippen molar-refractivity contribution in [2.75, 3.05) is 0 Å². The standard InChI is InChI=1S/C14H19IN2/c1-10-7-11(2)17(16-10)9-13-5-4-6-14(8-13)12(3)15/h4-5,7-8,12,14H,6,9H2,1-3H3. The van der Waals surface area contributed by atoms with Crippen LogP contribution < -0.4 is 0 Å². The topological polar surface area (TPSA) is 17.8 Å². The maximum absolute atomic E-state index is 4.51. The molecule has 0 radical (unpaired) electrons. The zero-order valence-electron chi connectivity index (χ0n) is 10.7. The first kappa shape index (κ1) is 12.9. The van der Waals surface area contributed by atoms with Crippen LogP contribution in [0.2, 0.25) is 0 Å². The molecule has 2 nitrogen and oxygen atoms in total. The van der Waals surface area contributed by atoms with Crippen molar-refractivity contribution in [3.8, 4) is 0 Å². The lowest BCUT2D eigenvalue weighted by molar-refractivity contribution is 0.621. The molecule has 1 aromatic heterocycles. The SMILES string of the molecule is Cc1cc(C)n(CC2=CC(C(C)I)CC=C2)n1. The summed E-state index contributed by atoms with van der Waals surface area (Å²) >= 11 is 2.51. The Hall–Kier alpha value is -0.580. The number of hydrogen-bond acceptors (Lipinski definition) is 1. The fourth-order valence-electron chi connectivity index (χ4n) is 2.21. The predicted octanol–water partition coefficient (Wildman–Crippen LogP) is 3.83. The van der Waals surface area contributed by atoms with Gasteiger partial charge < -0.3 is 0 Å². The first-order valence-electron chi connectivity index (χ1n) is 6.08. The van der Waals surface area contributed by atoms with E-state index in [1.54, 1.807) is 0 Å². The second-order valence-corrected chi connectivity index (χ2v) is 6.77. The van der Waals surface area contributed by atoms with Gasteiger partial charge in [0, 0.05) is 9.62 Å². The third-order valence-corrected chi connectivity index (χ3v) is 4.12. The third kappa shape index (κ3) is 3.21. The highest BCUT2D eigenvalue weighted by molar-refractivity contribution is 14.1. The van der Waals surface area contributed by atoms with Gasteiger partial charge in [0.1, 0.15) is 0 Å². The third-order valence-electron chi connectivity index (χ3n) is 3.19. The Kier molecular flexibility index (Phi) is 4.07. The van der Waals surface area contributed by atoms with Crippen LogP contribution >= 0.6 is 22.6 Å². The summed E-state index contributed by atoms with van der Waals surface area (Å²) in [7, 11) is 0. The smallest absolute Gasteiger partial charge is 0.0659 e. The second kappa shape index (κ2) is 5.38. The lowest BCUT2D eigenvalue weighted by Gasteiger charge is -2.19. The fourth-order valence-corrected chi connectivity index (χ4v) is 2.71. The number of alkyl halides is 1. The summed E-state index contributed by atoms with van der Waals surface area (Å²) in [6.45, 7) is 7.34. The highest BCUT2D eigenvalue weighted by atomic mass is 127. The van der Waals surface area contributed by atoms with Crippen LogP contribution in [0.25, 0.3) is 0 Å². The van der Waals surface area contributed by atoms with Crippen molar-refractivity contribution in [2.45, 2.75) is 37.7 Å². The Morgan fingerprint density at radius 3 is 2.88 bits per heavy atom. The lowest BCUT2D eigenvalue weighted by Crippen LogP contribution is -2.13. The van der Waals surface area contributed by atoms with Crippen molar-refractivity contribution in [3.63, 3.8) is 0 Å². The van der Waals surface area contributed by atoms with Crippen LogP contribution in [-0.2, 0) is 6.54 Å². The molecule has 3 heteroatoms. The number of halogens is 1. The van der Waals surface area contributed by atoms with E-state index in [9.17, 15) is 0 Å². The minimum absolute atomic E-state index is 0.674. The lowest BCUT2D eigenvalue weighted by atomic mass is 9.94. The number of rotatable bonds is 3. The summed E-state index contributed by atoms with van der Waals surface area (Å²) in [5.41, 5.74) is 3.72. The van der Waals surface area contributed by atoms with Crippen molar-refractivity contribution < 1.29 is 0 Å². The molecule has 0 amide bonds. The minimum Gasteiger partial charge on any atom is -0.265 e. The quantitative estimate of drug-likeness (QED) is 0.603. The van der Waals surface area contributed by atoms with Crippen molar-refractivity contribution >= 4 is 22.6 Å². The number of aromatic nitrogens is 2. The second-order valence-electron chi connectivity index (χ2n) is 4.81. The van der Waals surface area contributed by atoms with E-state index < -0.39 is 0 Å². The highest BCUT2D eigenvalue weighted by Gasteiger charge is 2.14. The molecule has 2 atom stereocenters. The molecule has 2 unspecified atom stereocenters. The van der Waals surface area contributed by atoms with E-state index >= 15 is 0 Å². The van der Waals surface area contributed by atoms with Gasteiger partial charge in [-0.15, -0.1) is 0 Å². The van der Waals surface area contributed by atoms with E-state index in [1.807, 2.05) is 6.92 Å². The van der Waals surface area contributed by atoms with Gasteiger partial charge >= 0.3 is 0 Å². The van der Waals surface area contributed by atoms with Crippen LogP contribution in [0.4, 0.5) is 0 Å². The van der Waals surface area contributed by atoms with E-state index in [1.165, 1.54) is 17.7 Å². The summed E-state index contributed by atoms with van der Waals surface area (Å²) < 4.78 is 2.78. The van der Waals surface area contributed by atoms with Gasteiger partial charge in [-0.1, -0.05) is 47.7 Å². The van der Waals surface area contributed by atoms with Crippen molar-refractivity contribution in [1.29, 1.82) is 0 Å². The maximum atomic E-state index is 4.51. The molecule has 0 saturated heterocycles. The molecule has 2 rings (SSSR count). The summed E-state index contributed by atoms with van der Waals surface area (Å²) in [6, 6.07) is 2.13. The molecule has 1 aliphatic rings. The van der Waals surface area contributed by atoms with E-state index in [0.29, 0.717) is 9.84 Å². The molecule has 92 valence electrons. The average molecular weight is 342 g/mol. The molecule has 17 heavy (non-hydrogen) atoms. The molecule has 0 aliphatic heterocycles. The molecule has 1 heterocycles. The molecule has 0 saturated carbocycles. The monoisotopic (exact) mass is 342 g/mol. The van der Waals surface area contributed by atoms with Crippen LogP contribution in [0.5, 0.6) is 0 Å². The molecule has 0 aromatic carbocycles. The van der Waals surface area contributed by atoms with Gasteiger partial charge in [0.05, 0.1) is 12.2 Å². The van der Waals surface area contributed by atoms with E-state index in [4.69, 9.17) is 0 Å². The van der Waals surface area contributed by atoms with Crippen LogP contribution in [0.15, 0.2) is 29.9 Å². The minimum atomic E-state index is 0.674. The van der Waals surface area contributed by atoms with Crippen molar-refractivity contribution in [3.05, 3.63) is 41.3 Å². The molecular weight excluding hydrogens is 323 g/mol. The number of aryl methyl sites for hydroxylation is 2. The maximum Gasteiger partial charge on any atom is 0.0659 e. The van der Waals surface area contributed by atoms with Crippen molar-refractivity contribution in [1.82, 2.24) is 9.78 Å². The molecule has 0 fully saturated rings. The Labute approximate surface area is 117 Å². The van der Waals surface area contributed by atoms with Gasteiger partial charge in [-0.3, -0.25) is 4.68 Å². The summed E-state index contributed by atoms with van der Waals surface area (Å²) in [5.74, 6) is 0.674. The normalized spacial score (nSPS) is 21.4. The van der Waals surface area contributed by atoms with Gasteiger partial charge in [0.25, 0.3) is 0 Å². The summed E-state index contributed by atoms with van der Waals surface area (Å²) in [6.07, 6.45) is 8.12. The van der Waals surface area contributed by atoms with Gasteiger partial charge in [0.2, 0.25) is 0 Å². The molecule has 1 aliphatic carbocycles. The molecule has 0 N–H and O–H groups in total. The molecule has 0 spiro atoms. The van der Waals surface area contributed by atoms with E-state index in [2.05, 4.69) is 70.5 Å². The van der Waals surface area contributed by atoms with Crippen LogP contribution in [0, 0.1) is 19.8 Å². The molecule has 1 aromatic rings. The van der Waals surface area contributed by atoms with Gasteiger partial charge in [0.15, 0.2) is 0 Å². The van der Waals surface area contributed by atoms with Crippen LogP contribution in [-0.4, -0.2) is 13.7 Å². The van der Waals surface area contributed by atoms with Gasteiger partial charge in [-0.2, -0.15) is 5.10 Å². The average Bonchev–Trinajstić information content (AvgIpc) is 2.58. The molecule has 0 bridgehead atoms. The van der Waals surface area contributed by atoms with Gasteiger partial charge in [-0.05, 0) is 37.8 Å².